The third kappa shape index (κ3) is 7.08. The molecule has 0 radical (unpaired) electrons. The molecule has 4 heteroatoms. The fraction of sp³-hybridized carbons (Fsp3) is 0.625. The van der Waals surface area contributed by atoms with Gasteiger partial charge in [0.1, 0.15) is 6.61 Å². The highest BCUT2D eigenvalue weighted by Gasteiger charge is 2.03. The first-order valence-corrected chi connectivity index (χ1v) is 3.68. The Balaban J connectivity index is 3.24. The van der Waals surface area contributed by atoms with E-state index in [1.54, 1.807) is 6.92 Å². The summed E-state index contributed by atoms with van der Waals surface area (Å²) in [6, 6.07) is 0. The largest absolute Gasteiger partial charge is 0.499 e. The van der Waals surface area contributed by atoms with Gasteiger partial charge in [0.25, 0.3) is 0 Å². The molecule has 0 fully saturated rings. The van der Waals surface area contributed by atoms with Crippen molar-refractivity contribution >= 4 is 5.97 Å². The molecule has 0 saturated heterocycles. The van der Waals surface area contributed by atoms with E-state index in [2.05, 4.69) is 11.3 Å². The SMILES string of the molecule is C=COCCOC(C)OC(C)=O. The maximum Gasteiger partial charge on any atom is 0.304 e. The predicted molar refractivity (Wildman–Crippen MR) is 43.3 cm³/mol. The number of ether oxygens (including phenoxy) is 3. The van der Waals surface area contributed by atoms with Crippen molar-refractivity contribution in [1.82, 2.24) is 0 Å². The molecule has 0 bridgehead atoms. The number of rotatable bonds is 6. The predicted octanol–water partition coefficient (Wildman–Crippen LogP) is 1.07. The Labute approximate surface area is 72.1 Å². The summed E-state index contributed by atoms with van der Waals surface area (Å²) in [6.45, 7) is 7.13. The zero-order valence-electron chi connectivity index (χ0n) is 7.41. The molecule has 0 saturated carbocycles. The molecule has 0 amide bonds. The first kappa shape index (κ1) is 11.0. The van der Waals surface area contributed by atoms with Crippen LogP contribution >= 0.6 is 0 Å². The molecule has 0 N–H and O–H groups in total. The van der Waals surface area contributed by atoms with Gasteiger partial charge in [-0.1, -0.05) is 6.58 Å². The molecular formula is C8H14O4. The van der Waals surface area contributed by atoms with Crippen LogP contribution in [0.15, 0.2) is 12.8 Å². The summed E-state index contributed by atoms with van der Waals surface area (Å²) in [5, 5.41) is 0. The van der Waals surface area contributed by atoms with Crippen LogP contribution in [0.4, 0.5) is 0 Å². The van der Waals surface area contributed by atoms with Gasteiger partial charge in [-0.2, -0.15) is 0 Å². The summed E-state index contributed by atoms with van der Waals surface area (Å²) in [4.78, 5) is 10.4. The van der Waals surface area contributed by atoms with Crippen molar-refractivity contribution in [2.75, 3.05) is 13.2 Å². The molecule has 0 aliphatic heterocycles. The molecule has 0 aromatic rings. The summed E-state index contributed by atoms with van der Waals surface area (Å²) in [5.41, 5.74) is 0. The Bertz CT molecular complexity index is 144. The molecule has 12 heavy (non-hydrogen) atoms. The fourth-order valence-corrected chi connectivity index (χ4v) is 0.613. The van der Waals surface area contributed by atoms with Crippen LogP contribution in [-0.2, 0) is 19.0 Å². The second kappa shape index (κ2) is 6.67. The summed E-state index contributed by atoms with van der Waals surface area (Å²) in [6.07, 6.45) is 0.816. The third-order valence-electron chi connectivity index (χ3n) is 1.00. The van der Waals surface area contributed by atoms with Gasteiger partial charge < -0.3 is 14.2 Å². The highest BCUT2D eigenvalue weighted by molar-refractivity contribution is 5.65. The number of hydrogen-bond donors (Lipinski definition) is 0. The molecule has 0 spiro atoms. The Morgan fingerprint density at radius 3 is 2.75 bits per heavy atom. The van der Waals surface area contributed by atoms with Gasteiger partial charge >= 0.3 is 5.97 Å². The quantitative estimate of drug-likeness (QED) is 0.261. The van der Waals surface area contributed by atoms with Crippen molar-refractivity contribution in [1.29, 1.82) is 0 Å². The van der Waals surface area contributed by atoms with Crippen LogP contribution in [0.2, 0.25) is 0 Å². The van der Waals surface area contributed by atoms with Crippen molar-refractivity contribution < 1.29 is 19.0 Å². The highest BCUT2D eigenvalue weighted by atomic mass is 16.7. The number of carbonyl (C=O) groups excluding carboxylic acids is 1. The molecular weight excluding hydrogens is 160 g/mol. The van der Waals surface area contributed by atoms with Crippen molar-refractivity contribution in [2.45, 2.75) is 20.1 Å². The normalized spacial score (nSPS) is 11.8. The van der Waals surface area contributed by atoms with Gasteiger partial charge in [0.05, 0.1) is 12.9 Å². The van der Waals surface area contributed by atoms with E-state index in [1.807, 2.05) is 0 Å². The lowest BCUT2D eigenvalue weighted by molar-refractivity contribution is -0.173. The van der Waals surface area contributed by atoms with Gasteiger partial charge in [0, 0.05) is 6.92 Å². The van der Waals surface area contributed by atoms with Crippen molar-refractivity contribution in [2.24, 2.45) is 0 Å². The summed E-state index contributed by atoms with van der Waals surface area (Å²) < 4.78 is 14.5. The van der Waals surface area contributed by atoms with Crippen molar-refractivity contribution in [3.05, 3.63) is 12.8 Å². The Morgan fingerprint density at radius 1 is 1.58 bits per heavy atom. The van der Waals surface area contributed by atoms with Crippen LogP contribution < -0.4 is 0 Å². The average molecular weight is 174 g/mol. The van der Waals surface area contributed by atoms with Gasteiger partial charge in [-0.15, -0.1) is 0 Å². The standard InChI is InChI=1S/C8H14O4/c1-4-10-5-6-11-8(3)12-7(2)9/h4,8H,1,5-6H2,2-3H3. The first-order chi connectivity index (χ1) is 5.66. The van der Waals surface area contributed by atoms with Gasteiger partial charge in [-0.3, -0.25) is 4.79 Å². The lowest BCUT2D eigenvalue weighted by atomic mass is 10.7. The molecule has 1 atom stereocenters. The van der Waals surface area contributed by atoms with Crippen molar-refractivity contribution in [3.63, 3.8) is 0 Å². The minimum Gasteiger partial charge on any atom is -0.499 e. The van der Waals surface area contributed by atoms with E-state index < -0.39 is 6.29 Å². The van der Waals surface area contributed by atoms with Gasteiger partial charge in [-0.05, 0) is 6.92 Å². The third-order valence-corrected chi connectivity index (χ3v) is 1.00. The molecule has 4 nitrogen and oxygen atoms in total. The molecule has 70 valence electrons. The van der Waals surface area contributed by atoms with E-state index in [-0.39, 0.29) is 5.97 Å². The smallest absolute Gasteiger partial charge is 0.304 e. The van der Waals surface area contributed by atoms with Crippen LogP contribution in [0.1, 0.15) is 13.8 Å². The second-order valence-corrected chi connectivity index (χ2v) is 2.09. The Hall–Kier alpha value is -1.03. The lowest BCUT2D eigenvalue weighted by Gasteiger charge is -2.11. The van der Waals surface area contributed by atoms with Crippen LogP contribution in [0.5, 0.6) is 0 Å². The number of esters is 1. The van der Waals surface area contributed by atoms with E-state index in [4.69, 9.17) is 9.47 Å². The van der Waals surface area contributed by atoms with Crippen LogP contribution in [0.3, 0.4) is 0 Å². The monoisotopic (exact) mass is 174 g/mol. The molecule has 0 aliphatic carbocycles. The van der Waals surface area contributed by atoms with Crippen molar-refractivity contribution in [3.8, 4) is 0 Å². The van der Waals surface area contributed by atoms with E-state index >= 15 is 0 Å². The topological polar surface area (TPSA) is 44.8 Å². The maximum atomic E-state index is 10.4. The summed E-state index contributed by atoms with van der Waals surface area (Å²) in [7, 11) is 0. The van der Waals surface area contributed by atoms with E-state index in [9.17, 15) is 4.79 Å². The Morgan fingerprint density at radius 2 is 2.25 bits per heavy atom. The van der Waals surface area contributed by atoms with E-state index in [1.165, 1.54) is 13.2 Å². The molecule has 0 aromatic heterocycles. The Kier molecular flexibility index (Phi) is 6.09. The van der Waals surface area contributed by atoms with E-state index in [0.29, 0.717) is 13.2 Å². The molecule has 0 rings (SSSR count). The number of carbonyl (C=O) groups is 1. The minimum atomic E-state index is -0.518. The lowest BCUT2D eigenvalue weighted by Crippen LogP contribution is -2.18. The molecule has 0 aliphatic rings. The molecule has 0 aromatic carbocycles. The van der Waals surface area contributed by atoms with E-state index in [0.717, 1.165) is 0 Å². The van der Waals surface area contributed by atoms with Gasteiger partial charge in [0.15, 0.2) is 6.29 Å². The number of hydrogen-bond acceptors (Lipinski definition) is 4. The molecule has 0 heterocycles. The average Bonchev–Trinajstić information content (AvgIpc) is 1.97. The fourth-order valence-electron chi connectivity index (χ4n) is 0.613. The summed E-state index contributed by atoms with van der Waals surface area (Å²) >= 11 is 0. The summed E-state index contributed by atoms with van der Waals surface area (Å²) in [5.74, 6) is -0.355. The molecule has 1 unspecified atom stereocenters. The maximum absolute atomic E-state index is 10.4. The van der Waals surface area contributed by atoms with Crippen LogP contribution in [0.25, 0.3) is 0 Å². The van der Waals surface area contributed by atoms with Crippen LogP contribution in [0, 0.1) is 0 Å². The van der Waals surface area contributed by atoms with Crippen LogP contribution in [-0.4, -0.2) is 25.5 Å². The zero-order chi connectivity index (χ0) is 9.40. The van der Waals surface area contributed by atoms with Gasteiger partial charge in [0.2, 0.25) is 0 Å². The second-order valence-electron chi connectivity index (χ2n) is 2.09. The highest BCUT2D eigenvalue weighted by Crippen LogP contribution is 1.93. The minimum absolute atomic E-state index is 0.355. The van der Waals surface area contributed by atoms with Gasteiger partial charge in [-0.25, -0.2) is 0 Å². The first-order valence-electron chi connectivity index (χ1n) is 3.68. The zero-order valence-corrected chi connectivity index (χ0v) is 7.41.